The Kier molecular flexibility index (Phi) is 4.22. The average molecular weight is 289 g/mol. The van der Waals surface area contributed by atoms with Crippen LogP contribution in [0.1, 0.15) is 22.5 Å². The monoisotopic (exact) mass is 289 g/mol. The number of amides is 1. The van der Waals surface area contributed by atoms with Gasteiger partial charge < -0.3 is 20.0 Å². The number of para-hydroxylation sites is 1. The van der Waals surface area contributed by atoms with Crippen molar-refractivity contribution >= 4 is 17.6 Å². The Hall–Kier alpha value is -2.83. The lowest BCUT2D eigenvalue weighted by molar-refractivity contribution is -0.136. The number of carbonyl (C=O) groups is 2. The number of carboxylic acids is 1. The molecule has 1 aromatic heterocycles. The summed E-state index contributed by atoms with van der Waals surface area (Å²) in [5, 5.41) is 8.83. The van der Waals surface area contributed by atoms with E-state index in [9.17, 15) is 14.4 Å². The standard InChI is InChI=1S/C14H15N3O4/c1-9-4-2-3-5-11(9)17(7-6-12(18)19)13(20)10-8-15-14(21)16-10/h2-5,8H,6-7H2,1H3,(H,18,19)(H2,15,16,21). The zero-order chi connectivity index (χ0) is 15.4. The van der Waals surface area contributed by atoms with Gasteiger partial charge in [0.25, 0.3) is 5.91 Å². The van der Waals surface area contributed by atoms with Crippen molar-refractivity contribution in [1.29, 1.82) is 0 Å². The third-order valence-electron chi connectivity index (χ3n) is 3.03. The summed E-state index contributed by atoms with van der Waals surface area (Å²) in [6, 6.07) is 7.16. The second-order valence-corrected chi connectivity index (χ2v) is 4.54. The summed E-state index contributed by atoms with van der Waals surface area (Å²) in [7, 11) is 0. The fraction of sp³-hybridized carbons (Fsp3) is 0.214. The number of nitrogens with zero attached hydrogens (tertiary/aromatic N) is 1. The van der Waals surface area contributed by atoms with Crippen LogP contribution < -0.4 is 10.6 Å². The molecule has 7 heteroatoms. The van der Waals surface area contributed by atoms with Gasteiger partial charge in [0.05, 0.1) is 6.42 Å². The molecule has 110 valence electrons. The molecule has 2 rings (SSSR count). The highest BCUT2D eigenvalue weighted by molar-refractivity contribution is 6.05. The van der Waals surface area contributed by atoms with E-state index in [2.05, 4.69) is 9.97 Å². The molecular formula is C14H15N3O4. The summed E-state index contributed by atoms with van der Waals surface area (Å²) in [5.41, 5.74) is 1.06. The van der Waals surface area contributed by atoms with E-state index in [0.717, 1.165) is 5.56 Å². The first-order valence-corrected chi connectivity index (χ1v) is 6.36. The zero-order valence-corrected chi connectivity index (χ0v) is 11.4. The SMILES string of the molecule is Cc1ccccc1N(CCC(=O)O)C(=O)c1c[nH]c(=O)[nH]1. The molecule has 0 unspecified atom stereocenters. The van der Waals surface area contributed by atoms with E-state index in [-0.39, 0.29) is 18.7 Å². The first-order chi connectivity index (χ1) is 9.99. The van der Waals surface area contributed by atoms with Crippen molar-refractivity contribution in [3.05, 3.63) is 52.2 Å². The van der Waals surface area contributed by atoms with Crippen LogP contribution in [-0.2, 0) is 4.79 Å². The third-order valence-corrected chi connectivity index (χ3v) is 3.03. The molecule has 21 heavy (non-hydrogen) atoms. The molecule has 0 atom stereocenters. The maximum Gasteiger partial charge on any atom is 0.323 e. The van der Waals surface area contributed by atoms with Gasteiger partial charge in [-0.3, -0.25) is 9.59 Å². The van der Waals surface area contributed by atoms with Crippen molar-refractivity contribution < 1.29 is 14.7 Å². The number of aryl methyl sites for hydroxylation is 1. The van der Waals surface area contributed by atoms with Crippen molar-refractivity contribution in [2.45, 2.75) is 13.3 Å². The lowest BCUT2D eigenvalue weighted by atomic mass is 10.1. The van der Waals surface area contributed by atoms with Crippen molar-refractivity contribution in [2.75, 3.05) is 11.4 Å². The highest BCUT2D eigenvalue weighted by atomic mass is 16.4. The number of imidazole rings is 1. The predicted octanol–water partition coefficient (Wildman–Crippen LogP) is 1.13. The number of benzene rings is 1. The molecule has 0 radical (unpaired) electrons. The zero-order valence-electron chi connectivity index (χ0n) is 11.4. The van der Waals surface area contributed by atoms with Gasteiger partial charge >= 0.3 is 11.7 Å². The molecule has 0 saturated carbocycles. The summed E-state index contributed by atoms with van der Waals surface area (Å²) in [5.74, 6) is -1.45. The van der Waals surface area contributed by atoms with Gasteiger partial charge in [0.1, 0.15) is 5.69 Å². The first-order valence-electron chi connectivity index (χ1n) is 6.36. The van der Waals surface area contributed by atoms with Gasteiger partial charge in [-0.05, 0) is 18.6 Å². The normalized spacial score (nSPS) is 10.3. The number of anilines is 1. The van der Waals surface area contributed by atoms with E-state index >= 15 is 0 Å². The minimum Gasteiger partial charge on any atom is -0.481 e. The molecule has 1 amide bonds. The van der Waals surface area contributed by atoms with E-state index in [1.165, 1.54) is 11.1 Å². The number of carbonyl (C=O) groups excluding carboxylic acids is 1. The quantitative estimate of drug-likeness (QED) is 0.767. The smallest absolute Gasteiger partial charge is 0.323 e. The highest BCUT2D eigenvalue weighted by Gasteiger charge is 2.21. The Morgan fingerprint density at radius 3 is 2.57 bits per heavy atom. The van der Waals surface area contributed by atoms with Crippen LogP contribution in [0.5, 0.6) is 0 Å². The molecule has 0 saturated heterocycles. The topological polar surface area (TPSA) is 106 Å². The van der Waals surface area contributed by atoms with Crippen molar-refractivity contribution in [3.63, 3.8) is 0 Å². The fourth-order valence-electron chi connectivity index (χ4n) is 2.00. The van der Waals surface area contributed by atoms with Gasteiger partial charge in [-0.1, -0.05) is 18.2 Å². The molecule has 0 aliphatic heterocycles. The molecule has 2 aromatic rings. The van der Waals surface area contributed by atoms with Crippen LogP contribution in [0.4, 0.5) is 5.69 Å². The molecule has 1 aromatic carbocycles. The van der Waals surface area contributed by atoms with Gasteiger partial charge in [0.15, 0.2) is 0 Å². The van der Waals surface area contributed by atoms with Crippen molar-refractivity contribution in [3.8, 4) is 0 Å². The van der Waals surface area contributed by atoms with Gasteiger partial charge in [-0.15, -0.1) is 0 Å². The van der Waals surface area contributed by atoms with Crippen molar-refractivity contribution in [1.82, 2.24) is 9.97 Å². The van der Waals surface area contributed by atoms with E-state index in [1.54, 1.807) is 12.1 Å². The molecule has 1 heterocycles. The van der Waals surface area contributed by atoms with Crippen LogP contribution in [0.2, 0.25) is 0 Å². The van der Waals surface area contributed by atoms with E-state index < -0.39 is 17.6 Å². The third kappa shape index (κ3) is 3.38. The Morgan fingerprint density at radius 1 is 1.29 bits per heavy atom. The van der Waals surface area contributed by atoms with E-state index in [0.29, 0.717) is 5.69 Å². The Bertz CT molecular complexity index is 717. The summed E-state index contributed by atoms with van der Waals surface area (Å²) in [6.07, 6.45) is 1.09. The Labute approximate surface area is 120 Å². The second kappa shape index (κ2) is 6.08. The molecule has 0 aliphatic carbocycles. The van der Waals surface area contributed by atoms with Crippen molar-refractivity contribution in [2.24, 2.45) is 0 Å². The molecule has 0 aliphatic rings. The Balaban J connectivity index is 2.36. The number of H-pyrrole nitrogens is 2. The maximum atomic E-state index is 12.5. The minimum absolute atomic E-state index is 0.0201. The summed E-state index contributed by atoms with van der Waals surface area (Å²) >= 11 is 0. The van der Waals surface area contributed by atoms with E-state index in [4.69, 9.17) is 5.11 Å². The molecular weight excluding hydrogens is 274 g/mol. The lowest BCUT2D eigenvalue weighted by Gasteiger charge is -2.23. The van der Waals surface area contributed by atoms with Gasteiger partial charge in [0.2, 0.25) is 0 Å². The minimum atomic E-state index is -0.996. The van der Waals surface area contributed by atoms with Crippen LogP contribution in [0.15, 0.2) is 35.3 Å². The number of carboxylic acid groups (broad SMARTS) is 1. The molecule has 0 spiro atoms. The maximum absolute atomic E-state index is 12.5. The number of aromatic nitrogens is 2. The average Bonchev–Trinajstić information content (AvgIpc) is 2.87. The largest absolute Gasteiger partial charge is 0.481 e. The first kappa shape index (κ1) is 14.6. The number of aliphatic carboxylic acids is 1. The summed E-state index contributed by atoms with van der Waals surface area (Å²) in [6.45, 7) is 1.85. The molecule has 7 nitrogen and oxygen atoms in total. The van der Waals surface area contributed by atoms with Gasteiger partial charge in [0, 0.05) is 18.4 Å². The second-order valence-electron chi connectivity index (χ2n) is 4.54. The van der Waals surface area contributed by atoms with Crippen LogP contribution in [0.25, 0.3) is 0 Å². The number of hydrogen-bond acceptors (Lipinski definition) is 3. The molecule has 3 N–H and O–H groups in total. The number of hydrogen-bond donors (Lipinski definition) is 3. The Morgan fingerprint density at radius 2 is 2.00 bits per heavy atom. The molecule has 0 bridgehead atoms. The highest BCUT2D eigenvalue weighted by Crippen LogP contribution is 2.21. The molecule has 0 fully saturated rings. The summed E-state index contributed by atoms with van der Waals surface area (Å²) in [4.78, 5) is 40.5. The van der Waals surface area contributed by atoms with Crippen LogP contribution >= 0.6 is 0 Å². The fourth-order valence-corrected chi connectivity index (χ4v) is 2.00. The van der Waals surface area contributed by atoms with Crippen LogP contribution in [-0.4, -0.2) is 33.5 Å². The number of aromatic amines is 2. The number of nitrogens with one attached hydrogen (secondary N) is 2. The van der Waals surface area contributed by atoms with Crippen LogP contribution in [0.3, 0.4) is 0 Å². The summed E-state index contributed by atoms with van der Waals surface area (Å²) < 4.78 is 0. The van der Waals surface area contributed by atoms with Crippen LogP contribution in [0, 0.1) is 6.92 Å². The predicted molar refractivity (Wildman–Crippen MR) is 76.5 cm³/mol. The lowest BCUT2D eigenvalue weighted by Crippen LogP contribution is -2.34. The van der Waals surface area contributed by atoms with Gasteiger partial charge in [-0.2, -0.15) is 0 Å². The van der Waals surface area contributed by atoms with E-state index in [1.807, 2.05) is 19.1 Å². The number of rotatable bonds is 5. The van der Waals surface area contributed by atoms with Gasteiger partial charge in [-0.25, -0.2) is 4.79 Å².